The predicted octanol–water partition coefficient (Wildman–Crippen LogP) is 1.08. The number of nitrogens with one attached hydrogen (secondary N) is 1. The highest BCUT2D eigenvalue weighted by Crippen LogP contribution is 2.18. The molecule has 28 heavy (non-hydrogen) atoms. The lowest BCUT2D eigenvalue weighted by atomic mass is 10.2. The van der Waals surface area contributed by atoms with E-state index in [9.17, 15) is 9.59 Å². The second-order valence-corrected chi connectivity index (χ2v) is 7.23. The molecule has 1 N–H and O–H groups in total. The van der Waals surface area contributed by atoms with Crippen molar-refractivity contribution in [1.29, 1.82) is 0 Å². The van der Waals surface area contributed by atoms with Crippen molar-refractivity contribution in [3.63, 3.8) is 0 Å². The standard InChI is InChI=1S/C20H25N5O2.ClH/c1-15-13-18(26)19(22-25(15)16-5-3-2-4-6-16)20(27)24-10-7-17(14-24)23-11-8-21-9-12-23;/h2-6,13,17,21H,7-12,14H2,1H3;1H. The Bertz CT molecular complexity index is 880. The van der Waals surface area contributed by atoms with Gasteiger partial charge in [-0.3, -0.25) is 14.5 Å². The van der Waals surface area contributed by atoms with Gasteiger partial charge in [-0.2, -0.15) is 5.10 Å². The van der Waals surface area contributed by atoms with E-state index in [-0.39, 0.29) is 29.4 Å². The molecule has 2 aliphatic heterocycles. The van der Waals surface area contributed by atoms with Crippen LogP contribution in [-0.2, 0) is 0 Å². The van der Waals surface area contributed by atoms with Crippen LogP contribution in [0, 0.1) is 6.92 Å². The SMILES string of the molecule is Cc1cc(=O)c(C(=O)N2CCC(N3CCNCC3)C2)nn1-c1ccccc1.Cl. The average Bonchev–Trinajstić information content (AvgIpc) is 3.19. The number of piperazine rings is 1. The van der Waals surface area contributed by atoms with Crippen LogP contribution in [0.15, 0.2) is 41.2 Å². The number of amides is 1. The second kappa shape index (κ2) is 8.86. The Morgan fingerprint density at radius 3 is 2.57 bits per heavy atom. The van der Waals surface area contributed by atoms with Crippen LogP contribution in [0.2, 0.25) is 0 Å². The maximum Gasteiger partial charge on any atom is 0.278 e. The molecule has 1 amide bonds. The van der Waals surface area contributed by atoms with E-state index in [0.29, 0.717) is 24.8 Å². The minimum atomic E-state index is -0.310. The number of para-hydroxylation sites is 1. The molecule has 0 spiro atoms. The average molecular weight is 404 g/mol. The van der Waals surface area contributed by atoms with Gasteiger partial charge in [-0.25, -0.2) is 4.68 Å². The Morgan fingerprint density at radius 1 is 1.14 bits per heavy atom. The lowest BCUT2D eigenvalue weighted by molar-refractivity contribution is 0.0764. The quantitative estimate of drug-likeness (QED) is 0.830. The lowest BCUT2D eigenvalue weighted by Crippen LogP contribution is -2.49. The van der Waals surface area contributed by atoms with E-state index in [2.05, 4.69) is 15.3 Å². The van der Waals surface area contributed by atoms with Crippen LogP contribution in [0.25, 0.3) is 5.69 Å². The summed E-state index contributed by atoms with van der Waals surface area (Å²) in [7, 11) is 0. The number of carbonyl (C=O) groups is 1. The largest absolute Gasteiger partial charge is 0.335 e. The van der Waals surface area contributed by atoms with Crippen molar-refractivity contribution >= 4 is 18.3 Å². The van der Waals surface area contributed by atoms with Crippen molar-refractivity contribution in [3.05, 3.63) is 58.0 Å². The van der Waals surface area contributed by atoms with Gasteiger partial charge in [-0.15, -0.1) is 12.4 Å². The van der Waals surface area contributed by atoms with Crippen molar-refractivity contribution in [2.75, 3.05) is 39.3 Å². The van der Waals surface area contributed by atoms with E-state index >= 15 is 0 Å². The van der Waals surface area contributed by atoms with E-state index in [1.54, 1.807) is 9.58 Å². The zero-order valence-corrected chi connectivity index (χ0v) is 16.8. The number of likely N-dealkylation sites (tertiary alicyclic amines) is 1. The number of halogens is 1. The number of nitrogens with zero attached hydrogens (tertiary/aromatic N) is 4. The molecule has 0 aliphatic carbocycles. The van der Waals surface area contributed by atoms with Crippen molar-refractivity contribution < 1.29 is 4.79 Å². The molecule has 0 radical (unpaired) electrons. The molecule has 0 saturated carbocycles. The number of aromatic nitrogens is 2. The highest BCUT2D eigenvalue weighted by Gasteiger charge is 2.33. The summed E-state index contributed by atoms with van der Waals surface area (Å²) >= 11 is 0. The normalized spacial score (nSPS) is 20.0. The number of hydrogen-bond donors (Lipinski definition) is 1. The molecule has 8 heteroatoms. The lowest BCUT2D eigenvalue weighted by Gasteiger charge is -2.32. The molecule has 4 rings (SSSR count). The summed E-state index contributed by atoms with van der Waals surface area (Å²) in [6.07, 6.45) is 0.949. The van der Waals surface area contributed by atoms with Gasteiger partial charge >= 0.3 is 0 Å². The first-order valence-corrected chi connectivity index (χ1v) is 9.54. The highest BCUT2D eigenvalue weighted by atomic mass is 35.5. The number of rotatable bonds is 3. The van der Waals surface area contributed by atoms with Gasteiger partial charge in [-0.1, -0.05) is 18.2 Å². The summed E-state index contributed by atoms with van der Waals surface area (Å²) in [5.41, 5.74) is 1.24. The number of carbonyl (C=O) groups excluding carboxylic acids is 1. The van der Waals surface area contributed by atoms with Gasteiger partial charge in [0.1, 0.15) is 0 Å². The van der Waals surface area contributed by atoms with Gasteiger partial charge in [0.15, 0.2) is 5.69 Å². The van der Waals surface area contributed by atoms with Crippen molar-refractivity contribution in [2.45, 2.75) is 19.4 Å². The first-order valence-electron chi connectivity index (χ1n) is 9.54. The monoisotopic (exact) mass is 403 g/mol. The highest BCUT2D eigenvalue weighted by molar-refractivity contribution is 5.92. The van der Waals surface area contributed by atoms with Crippen LogP contribution in [0.4, 0.5) is 0 Å². The van der Waals surface area contributed by atoms with E-state index in [4.69, 9.17) is 0 Å². The van der Waals surface area contributed by atoms with Gasteiger partial charge < -0.3 is 10.2 Å². The topological polar surface area (TPSA) is 70.5 Å². The molecule has 2 fully saturated rings. The first-order chi connectivity index (χ1) is 13.1. The summed E-state index contributed by atoms with van der Waals surface area (Å²) in [6.45, 7) is 7.17. The summed E-state index contributed by atoms with van der Waals surface area (Å²) < 4.78 is 1.67. The molecular formula is C20H26ClN5O2. The van der Waals surface area contributed by atoms with Crippen LogP contribution >= 0.6 is 12.4 Å². The van der Waals surface area contributed by atoms with E-state index in [1.165, 1.54) is 6.07 Å². The minimum Gasteiger partial charge on any atom is -0.335 e. The third kappa shape index (κ3) is 4.11. The first kappa shape index (κ1) is 20.5. The van der Waals surface area contributed by atoms with Crippen LogP contribution in [-0.4, -0.2) is 70.8 Å². The summed E-state index contributed by atoms with van der Waals surface area (Å²) in [5.74, 6) is -0.262. The van der Waals surface area contributed by atoms with Crippen molar-refractivity contribution in [1.82, 2.24) is 24.9 Å². The maximum absolute atomic E-state index is 13.0. The summed E-state index contributed by atoms with van der Waals surface area (Å²) in [6, 6.07) is 11.4. The Balaban J connectivity index is 0.00000225. The predicted molar refractivity (Wildman–Crippen MR) is 111 cm³/mol. The Kier molecular flexibility index (Phi) is 6.49. The molecule has 0 bridgehead atoms. The summed E-state index contributed by atoms with van der Waals surface area (Å²) in [4.78, 5) is 29.7. The molecule has 1 atom stereocenters. The fourth-order valence-corrected chi connectivity index (χ4v) is 3.95. The molecule has 3 heterocycles. The number of aryl methyl sites for hydroxylation is 1. The zero-order chi connectivity index (χ0) is 18.8. The molecule has 2 aromatic rings. The molecule has 2 saturated heterocycles. The van der Waals surface area contributed by atoms with E-state index < -0.39 is 0 Å². The van der Waals surface area contributed by atoms with E-state index in [0.717, 1.165) is 38.3 Å². The van der Waals surface area contributed by atoms with Crippen LogP contribution in [0.3, 0.4) is 0 Å². The van der Waals surface area contributed by atoms with Crippen LogP contribution in [0.1, 0.15) is 22.6 Å². The fourth-order valence-electron chi connectivity index (χ4n) is 3.95. The molecule has 1 aromatic carbocycles. The smallest absolute Gasteiger partial charge is 0.278 e. The van der Waals surface area contributed by atoms with Gasteiger partial charge in [-0.05, 0) is 25.5 Å². The number of benzene rings is 1. The second-order valence-electron chi connectivity index (χ2n) is 7.23. The van der Waals surface area contributed by atoms with Gasteiger partial charge in [0.05, 0.1) is 5.69 Å². The fraction of sp³-hybridized carbons (Fsp3) is 0.450. The van der Waals surface area contributed by atoms with Crippen LogP contribution in [0.5, 0.6) is 0 Å². The van der Waals surface area contributed by atoms with Crippen molar-refractivity contribution in [3.8, 4) is 5.69 Å². The third-order valence-corrected chi connectivity index (χ3v) is 5.43. The molecule has 7 nitrogen and oxygen atoms in total. The van der Waals surface area contributed by atoms with Gasteiger partial charge in [0, 0.05) is 57.1 Å². The number of hydrogen-bond acceptors (Lipinski definition) is 5. The molecule has 150 valence electrons. The maximum atomic E-state index is 13.0. The Hall–Kier alpha value is -2.22. The molecular weight excluding hydrogens is 378 g/mol. The molecule has 1 aromatic heterocycles. The minimum absolute atomic E-state index is 0. The zero-order valence-electron chi connectivity index (χ0n) is 16.0. The molecule has 1 unspecified atom stereocenters. The van der Waals surface area contributed by atoms with Crippen LogP contribution < -0.4 is 10.7 Å². The van der Waals surface area contributed by atoms with Gasteiger partial charge in [0.2, 0.25) is 5.43 Å². The van der Waals surface area contributed by atoms with E-state index in [1.807, 2.05) is 37.3 Å². The third-order valence-electron chi connectivity index (χ3n) is 5.43. The summed E-state index contributed by atoms with van der Waals surface area (Å²) in [5, 5.41) is 7.77. The van der Waals surface area contributed by atoms with Gasteiger partial charge in [0.25, 0.3) is 5.91 Å². The van der Waals surface area contributed by atoms with Crippen molar-refractivity contribution in [2.24, 2.45) is 0 Å². The Morgan fingerprint density at radius 2 is 1.86 bits per heavy atom. The Labute approximate surface area is 170 Å². The molecule has 2 aliphatic rings.